The van der Waals surface area contributed by atoms with Gasteiger partial charge in [-0.2, -0.15) is 5.10 Å². The molecule has 0 atom stereocenters. The van der Waals surface area contributed by atoms with Gasteiger partial charge in [0.1, 0.15) is 11.4 Å². The fraction of sp³-hybridized carbons (Fsp3) is 0.308. The molecule has 4 rings (SSSR count). The van der Waals surface area contributed by atoms with Crippen molar-refractivity contribution in [2.24, 2.45) is 5.10 Å². The van der Waals surface area contributed by atoms with Crippen molar-refractivity contribution in [3.8, 4) is 17.0 Å². The predicted octanol–water partition coefficient (Wildman–Crippen LogP) is 4.69. The first-order valence-corrected chi connectivity index (χ1v) is 11.4. The number of ether oxygens (including phenoxy) is 1. The third kappa shape index (κ3) is 6.16. The molecule has 1 fully saturated rings. The Bertz CT molecular complexity index is 1090. The second-order valence-electron chi connectivity index (χ2n) is 8.29. The smallest absolute Gasteiger partial charge is 0.290 e. The van der Waals surface area contributed by atoms with Gasteiger partial charge in [0.25, 0.3) is 5.91 Å². The Kier molecular flexibility index (Phi) is 7.29. The molecule has 1 saturated heterocycles. The van der Waals surface area contributed by atoms with Gasteiger partial charge in [-0.25, -0.2) is 15.4 Å². The second-order valence-corrected chi connectivity index (χ2v) is 8.29. The van der Waals surface area contributed by atoms with Gasteiger partial charge in [-0.1, -0.05) is 30.3 Å². The van der Waals surface area contributed by atoms with E-state index in [-0.39, 0.29) is 12.0 Å². The van der Waals surface area contributed by atoms with Crippen molar-refractivity contribution in [3.05, 3.63) is 71.9 Å². The second kappa shape index (κ2) is 10.7. The van der Waals surface area contributed by atoms with E-state index >= 15 is 0 Å². The molecule has 0 bridgehead atoms. The first-order valence-electron chi connectivity index (χ1n) is 11.4. The van der Waals surface area contributed by atoms with Crippen molar-refractivity contribution in [1.29, 1.82) is 0 Å². The van der Waals surface area contributed by atoms with Crippen LogP contribution in [0, 0.1) is 0 Å². The zero-order valence-corrected chi connectivity index (χ0v) is 19.1. The number of piperidine rings is 1. The molecule has 1 aliphatic heterocycles. The SMILES string of the molecule is CC(C)Oc1ccc(/C=N/NC(=O)c2cc(-c3ccccc3)nc(N3CCCCC3)n2)cc1. The number of nitrogens with zero attached hydrogens (tertiary/aromatic N) is 4. The highest BCUT2D eigenvalue weighted by atomic mass is 16.5. The van der Waals surface area contributed by atoms with Crippen LogP contribution in [-0.2, 0) is 0 Å². The Hall–Kier alpha value is -3.74. The monoisotopic (exact) mass is 443 g/mol. The van der Waals surface area contributed by atoms with Crippen molar-refractivity contribution in [2.45, 2.75) is 39.2 Å². The molecule has 3 aromatic rings. The molecular formula is C26H29N5O2. The van der Waals surface area contributed by atoms with Crippen molar-refractivity contribution < 1.29 is 9.53 Å². The zero-order valence-electron chi connectivity index (χ0n) is 19.1. The van der Waals surface area contributed by atoms with Gasteiger partial charge in [0.2, 0.25) is 5.95 Å². The third-order valence-electron chi connectivity index (χ3n) is 5.29. The van der Waals surface area contributed by atoms with Gasteiger partial charge in [0, 0.05) is 18.7 Å². The highest BCUT2D eigenvalue weighted by Gasteiger charge is 2.18. The molecule has 0 saturated carbocycles. The molecular weight excluding hydrogens is 414 g/mol. The molecule has 1 aliphatic rings. The maximum atomic E-state index is 12.9. The van der Waals surface area contributed by atoms with E-state index in [2.05, 4.69) is 20.4 Å². The average Bonchev–Trinajstić information content (AvgIpc) is 2.85. The Morgan fingerprint density at radius 1 is 1.03 bits per heavy atom. The van der Waals surface area contributed by atoms with E-state index in [0.29, 0.717) is 11.6 Å². The first kappa shape index (κ1) is 22.5. The lowest BCUT2D eigenvalue weighted by atomic mass is 10.1. The van der Waals surface area contributed by atoms with Crippen LogP contribution in [0.1, 0.15) is 49.2 Å². The third-order valence-corrected chi connectivity index (χ3v) is 5.29. The van der Waals surface area contributed by atoms with E-state index in [4.69, 9.17) is 9.72 Å². The summed E-state index contributed by atoms with van der Waals surface area (Å²) in [5.41, 5.74) is 5.41. The molecule has 170 valence electrons. The van der Waals surface area contributed by atoms with E-state index in [1.54, 1.807) is 12.3 Å². The number of benzene rings is 2. The summed E-state index contributed by atoms with van der Waals surface area (Å²) >= 11 is 0. The van der Waals surface area contributed by atoms with Crippen LogP contribution >= 0.6 is 0 Å². The van der Waals surface area contributed by atoms with Crippen molar-refractivity contribution in [3.63, 3.8) is 0 Å². The fourth-order valence-electron chi connectivity index (χ4n) is 3.67. The number of hydrogen-bond acceptors (Lipinski definition) is 6. The van der Waals surface area contributed by atoms with E-state index < -0.39 is 0 Å². The molecule has 2 heterocycles. The predicted molar refractivity (Wildman–Crippen MR) is 131 cm³/mol. The number of amides is 1. The summed E-state index contributed by atoms with van der Waals surface area (Å²) in [6.07, 6.45) is 5.13. The van der Waals surface area contributed by atoms with Crippen LogP contribution in [0.25, 0.3) is 11.3 Å². The minimum atomic E-state index is -0.371. The van der Waals surface area contributed by atoms with Crippen molar-refractivity contribution in [1.82, 2.24) is 15.4 Å². The van der Waals surface area contributed by atoms with Gasteiger partial charge < -0.3 is 9.64 Å². The molecule has 2 aromatic carbocycles. The lowest BCUT2D eigenvalue weighted by molar-refractivity contribution is 0.0950. The molecule has 1 N–H and O–H groups in total. The fourth-order valence-corrected chi connectivity index (χ4v) is 3.67. The number of hydrazone groups is 1. The van der Waals surface area contributed by atoms with E-state index in [0.717, 1.165) is 48.5 Å². The van der Waals surface area contributed by atoms with Crippen LogP contribution in [0.2, 0.25) is 0 Å². The molecule has 0 unspecified atom stereocenters. The standard InChI is InChI=1S/C26H29N5O2/c1-19(2)33-22-13-11-20(12-14-22)18-27-30-25(32)24-17-23(21-9-5-3-6-10-21)28-26(29-24)31-15-7-4-8-16-31/h3,5-6,9-14,17-19H,4,7-8,15-16H2,1-2H3,(H,30,32)/b27-18+. The molecule has 0 radical (unpaired) electrons. The maximum absolute atomic E-state index is 12.9. The summed E-state index contributed by atoms with van der Waals surface area (Å²) in [4.78, 5) is 24.3. The summed E-state index contributed by atoms with van der Waals surface area (Å²) in [7, 11) is 0. The lowest BCUT2D eigenvalue weighted by Crippen LogP contribution is -2.32. The van der Waals surface area contributed by atoms with Gasteiger partial charge in [0.15, 0.2) is 0 Å². The largest absolute Gasteiger partial charge is 0.491 e. The zero-order chi connectivity index (χ0) is 23.0. The Labute approximate surface area is 194 Å². The van der Waals surface area contributed by atoms with Crippen LogP contribution < -0.4 is 15.1 Å². The molecule has 7 heteroatoms. The highest BCUT2D eigenvalue weighted by molar-refractivity contribution is 5.94. The maximum Gasteiger partial charge on any atom is 0.290 e. The Balaban J connectivity index is 1.51. The number of rotatable bonds is 7. The van der Waals surface area contributed by atoms with Gasteiger partial charge >= 0.3 is 0 Å². The topological polar surface area (TPSA) is 79.7 Å². The first-order chi connectivity index (χ1) is 16.1. The molecule has 0 aliphatic carbocycles. The van der Waals surface area contributed by atoms with Crippen LogP contribution in [0.4, 0.5) is 5.95 Å². The number of carbonyl (C=O) groups excluding carboxylic acids is 1. The van der Waals surface area contributed by atoms with E-state index in [1.165, 1.54) is 6.42 Å². The summed E-state index contributed by atoms with van der Waals surface area (Å²) in [6, 6.07) is 19.1. The number of nitrogens with one attached hydrogen (secondary N) is 1. The van der Waals surface area contributed by atoms with Crippen LogP contribution in [0.15, 0.2) is 65.8 Å². The number of carbonyl (C=O) groups is 1. The highest BCUT2D eigenvalue weighted by Crippen LogP contribution is 2.23. The van der Waals surface area contributed by atoms with Gasteiger partial charge in [-0.05, 0) is 69.0 Å². The van der Waals surface area contributed by atoms with Crippen LogP contribution in [0.5, 0.6) is 5.75 Å². The number of anilines is 1. The molecule has 7 nitrogen and oxygen atoms in total. The number of aromatic nitrogens is 2. The minimum absolute atomic E-state index is 0.118. The summed E-state index contributed by atoms with van der Waals surface area (Å²) in [5, 5.41) is 4.11. The normalized spacial score (nSPS) is 14.0. The molecule has 33 heavy (non-hydrogen) atoms. The van der Waals surface area contributed by atoms with Crippen LogP contribution in [0.3, 0.4) is 0 Å². The summed E-state index contributed by atoms with van der Waals surface area (Å²) in [5.74, 6) is 1.01. The summed E-state index contributed by atoms with van der Waals surface area (Å²) in [6.45, 7) is 5.76. The van der Waals surface area contributed by atoms with Crippen molar-refractivity contribution >= 4 is 18.1 Å². The van der Waals surface area contributed by atoms with Gasteiger partial charge in [-0.3, -0.25) is 4.79 Å². The minimum Gasteiger partial charge on any atom is -0.491 e. The van der Waals surface area contributed by atoms with E-state index in [1.807, 2.05) is 68.4 Å². The van der Waals surface area contributed by atoms with Crippen LogP contribution in [-0.4, -0.2) is 41.3 Å². The van der Waals surface area contributed by atoms with Crippen molar-refractivity contribution in [2.75, 3.05) is 18.0 Å². The lowest BCUT2D eigenvalue weighted by Gasteiger charge is -2.27. The number of hydrogen-bond donors (Lipinski definition) is 1. The quantitative estimate of drug-likeness (QED) is 0.423. The summed E-state index contributed by atoms with van der Waals surface area (Å²) < 4.78 is 5.65. The molecule has 1 amide bonds. The Morgan fingerprint density at radius 2 is 1.76 bits per heavy atom. The Morgan fingerprint density at radius 3 is 2.45 bits per heavy atom. The van der Waals surface area contributed by atoms with Gasteiger partial charge in [-0.15, -0.1) is 0 Å². The molecule has 0 spiro atoms. The average molecular weight is 444 g/mol. The van der Waals surface area contributed by atoms with E-state index in [9.17, 15) is 4.79 Å². The molecule has 1 aromatic heterocycles. The van der Waals surface area contributed by atoms with Gasteiger partial charge in [0.05, 0.1) is 18.0 Å².